The smallest absolute Gasteiger partial charge is 0.0931 e. The van der Waals surface area contributed by atoms with E-state index < -0.39 is 6.10 Å². The highest BCUT2D eigenvalue weighted by atomic mass is 35.5. The Morgan fingerprint density at radius 1 is 1.29 bits per heavy atom. The molecule has 3 nitrogen and oxygen atoms in total. The molecule has 1 heterocycles. The molecule has 1 aliphatic heterocycles. The van der Waals surface area contributed by atoms with Crippen molar-refractivity contribution in [3.8, 4) is 0 Å². The van der Waals surface area contributed by atoms with Crippen LogP contribution in [0.3, 0.4) is 0 Å². The molecule has 0 aromatic heterocycles. The van der Waals surface area contributed by atoms with Crippen LogP contribution < -0.4 is 0 Å². The molecule has 0 spiro atoms. The molecule has 1 saturated heterocycles. The lowest BCUT2D eigenvalue weighted by Gasteiger charge is -2.27. The van der Waals surface area contributed by atoms with Crippen LogP contribution in [-0.2, 0) is 4.74 Å². The number of hydrogen-bond acceptors (Lipinski definition) is 3. The van der Waals surface area contributed by atoms with E-state index in [4.69, 9.17) is 27.9 Å². The largest absolute Gasteiger partial charge is 0.387 e. The second-order valence-corrected chi connectivity index (χ2v) is 6.94. The maximum absolute atomic E-state index is 10.5. The van der Waals surface area contributed by atoms with Crippen molar-refractivity contribution in [2.24, 2.45) is 5.92 Å². The summed E-state index contributed by atoms with van der Waals surface area (Å²) in [6.07, 6.45) is 3.02. The molecule has 1 N–H and O–H groups in total. The first-order valence-corrected chi connectivity index (χ1v) is 8.34. The first-order valence-electron chi connectivity index (χ1n) is 7.58. The predicted octanol–water partition coefficient (Wildman–Crippen LogP) is 3.53. The summed E-state index contributed by atoms with van der Waals surface area (Å²) >= 11 is 12.1. The number of aliphatic hydroxyl groups is 1. The highest BCUT2D eigenvalue weighted by Gasteiger charge is 2.33. The fourth-order valence-electron chi connectivity index (χ4n) is 2.96. The van der Waals surface area contributed by atoms with E-state index in [2.05, 4.69) is 4.90 Å². The number of hydrogen-bond donors (Lipinski definition) is 1. The maximum atomic E-state index is 10.5. The van der Waals surface area contributed by atoms with E-state index in [1.807, 2.05) is 6.07 Å². The molecule has 0 radical (unpaired) electrons. The molecule has 21 heavy (non-hydrogen) atoms. The number of ether oxygens (including phenoxy) is 1. The second-order valence-electron chi connectivity index (χ2n) is 6.10. The normalized spacial score (nSPS) is 23.7. The standard InChI is InChI=1S/C16H21Cl2NO2/c17-12-1-4-14(15(18)7-12)16(20)9-19(13-2-3-13)8-11-5-6-21-10-11/h1,4,7,11,13,16,20H,2-3,5-6,8-10H2. The van der Waals surface area contributed by atoms with E-state index in [0.717, 1.165) is 31.7 Å². The van der Waals surface area contributed by atoms with Gasteiger partial charge in [-0.05, 0) is 37.3 Å². The minimum Gasteiger partial charge on any atom is -0.387 e. The molecular formula is C16H21Cl2NO2. The zero-order valence-electron chi connectivity index (χ0n) is 12.0. The molecule has 2 unspecified atom stereocenters. The lowest BCUT2D eigenvalue weighted by atomic mass is 10.1. The summed E-state index contributed by atoms with van der Waals surface area (Å²) in [5.74, 6) is 0.596. The van der Waals surface area contributed by atoms with Gasteiger partial charge in [-0.3, -0.25) is 4.90 Å². The van der Waals surface area contributed by atoms with Gasteiger partial charge in [0.1, 0.15) is 0 Å². The third-order valence-corrected chi connectivity index (χ3v) is 4.87. The molecule has 2 atom stereocenters. The number of rotatable bonds is 6. The molecule has 2 aliphatic rings. The number of benzene rings is 1. The van der Waals surface area contributed by atoms with E-state index >= 15 is 0 Å². The van der Waals surface area contributed by atoms with Crippen LogP contribution in [0.15, 0.2) is 18.2 Å². The van der Waals surface area contributed by atoms with Crippen molar-refractivity contribution < 1.29 is 9.84 Å². The quantitative estimate of drug-likeness (QED) is 0.866. The fraction of sp³-hybridized carbons (Fsp3) is 0.625. The first kappa shape index (κ1) is 15.6. The van der Waals surface area contributed by atoms with Crippen LogP contribution in [0, 0.1) is 5.92 Å². The number of nitrogens with zero attached hydrogens (tertiary/aromatic N) is 1. The molecule has 1 aromatic rings. The van der Waals surface area contributed by atoms with Crippen LogP contribution in [0.1, 0.15) is 30.9 Å². The van der Waals surface area contributed by atoms with Gasteiger partial charge in [-0.25, -0.2) is 0 Å². The average Bonchev–Trinajstić information content (AvgIpc) is 3.16. The van der Waals surface area contributed by atoms with Gasteiger partial charge in [0.05, 0.1) is 12.7 Å². The van der Waals surface area contributed by atoms with Crippen LogP contribution in [0.5, 0.6) is 0 Å². The Balaban J connectivity index is 1.64. The van der Waals surface area contributed by atoms with Gasteiger partial charge in [-0.15, -0.1) is 0 Å². The lowest BCUT2D eigenvalue weighted by Crippen LogP contribution is -2.35. The zero-order valence-corrected chi connectivity index (χ0v) is 13.5. The molecular weight excluding hydrogens is 309 g/mol. The Labute approximate surface area is 135 Å². The summed E-state index contributed by atoms with van der Waals surface area (Å²) in [5.41, 5.74) is 0.759. The number of halogens is 2. The van der Waals surface area contributed by atoms with Crippen molar-refractivity contribution in [2.75, 3.05) is 26.3 Å². The van der Waals surface area contributed by atoms with Crippen molar-refractivity contribution in [1.29, 1.82) is 0 Å². The third-order valence-electron chi connectivity index (χ3n) is 4.31. The number of aliphatic hydroxyl groups excluding tert-OH is 1. The average molecular weight is 330 g/mol. The topological polar surface area (TPSA) is 32.7 Å². The van der Waals surface area contributed by atoms with Crippen LogP contribution in [0.25, 0.3) is 0 Å². The molecule has 1 aromatic carbocycles. The Kier molecular flexibility index (Phi) is 5.07. The molecule has 2 fully saturated rings. The van der Waals surface area contributed by atoms with E-state index in [1.165, 1.54) is 12.8 Å². The SMILES string of the molecule is OC(CN(CC1CCOC1)C1CC1)c1ccc(Cl)cc1Cl. The van der Waals surface area contributed by atoms with Gasteiger partial charge in [0.15, 0.2) is 0 Å². The summed E-state index contributed by atoms with van der Waals surface area (Å²) in [7, 11) is 0. The van der Waals surface area contributed by atoms with Crippen LogP contribution in [0.2, 0.25) is 10.0 Å². The molecule has 1 aliphatic carbocycles. The monoisotopic (exact) mass is 329 g/mol. The van der Waals surface area contributed by atoms with Gasteiger partial charge in [0.2, 0.25) is 0 Å². The Bertz CT molecular complexity index is 487. The van der Waals surface area contributed by atoms with Crippen LogP contribution >= 0.6 is 23.2 Å². The molecule has 0 bridgehead atoms. The summed E-state index contributed by atoms with van der Waals surface area (Å²) in [4.78, 5) is 2.40. The van der Waals surface area contributed by atoms with Crippen molar-refractivity contribution in [2.45, 2.75) is 31.4 Å². The van der Waals surface area contributed by atoms with Crippen molar-refractivity contribution >= 4 is 23.2 Å². The lowest BCUT2D eigenvalue weighted by molar-refractivity contribution is 0.0941. The Morgan fingerprint density at radius 3 is 2.71 bits per heavy atom. The third kappa shape index (κ3) is 4.11. The molecule has 0 amide bonds. The highest BCUT2D eigenvalue weighted by Crippen LogP contribution is 2.32. The van der Waals surface area contributed by atoms with E-state index in [1.54, 1.807) is 12.1 Å². The predicted molar refractivity (Wildman–Crippen MR) is 84.9 cm³/mol. The zero-order chi connectivity index (χ0) is 14.8. The Morgan fingerprint density at radius 2 is 2.10 bits per heavy atom. The summed E-state index contributed by atoms with van der Waals surface area (Å²) in [5, 5.41) is 11.6. The Hall–Kier alpha value is -0.320. The van der Waals surface area contributed by atoms with Gasteiger partial charge in [-0.1, -0.05) is 29.3 Å². The highest BCUT2D eigenvalue weighted by molar-refractivity contribution is 6.35. The van der Waals surface area contributed by atoms with E-state index in [0.29, 0.717) is 28.5 Å². The van der Waals surface area contributed by atoms with E-state index in [-0.39, 0.29) is 0 Å². The van der Waals surface area contributed by atoms with Gasteiger partial charge in [-0.2, -0.15) is 0 Å². The van der Waals surface area contributed by atoms with Gasteiger partial charge in [0, 0.05) is 41.3 Å². The molecule has 3 rings (SSSR count). The van der Waals surface area contributed by atoms with Crippen molar-refractivity contribution in [3.05, 3.63) is 33.8 Å². The summed E-state index contributed by atoms with van der Waals surface area (Å²) < 4.78 is 5.46. The van der Waals surface area contributed by atoms with Gasteiger partial charge >= 0.3 is 0 Å². The summed E-state index contributed by atoms with van der Waals surface area (Å²) in [6.45, 7) is 3.35. The first-order chi connectivity index (χ1) is 10.1. The minimum atomic E-state index is -0.572. The molecule has 1 saturated carbocycles. The summed E-state index contributed by atoms with van der Waals surface area (Å²) in [6, 6.07) is 5.90. The maximum Gasteiger partial charge on any atom is 0.0931 e. The second kappa shape index (κ2) is 6.84. The van der Waals surface area contributed by atoms with E-state index in [9.17, 15) is 5.11 Å². The van der Waals surface area contributed by atoms with Gasteiger partial charge < -0.3 is 9.84 Å². The fourth-order valence-corrected chi connectivity index (χ4v) is 3.50. The minimum absolute atomic E-state index is 0.537. The van der Waals surface area contributed by atoms with Crippen molar-refractivity contribution in [3.63, 3.8) is 0 Å². The van der Waals surface area contributed by atoms with Crippen LogP contribution in [-0.4, -0.2) is 42.4 Å². The molecule has 116 valence electrons. The van der Waals surface area contributed by atoms with Crippen molar-refractivity contribution in [1.82, 2.24) is 4.90 Å². The molecule has 5 heteroatoms. The van der Waals surface area contributed by atoms with Crippen LogP contribution in [0.4, 0.5) is 0 Å². The van der Waals surface area contributed by atoms with Gasteiger partial charge in [0.25, 0.3) is 0 Å².